The van der Waals surface area contributed by atoms with Crippen molar-refractivity contribution in [2.45, 2.75) is 51.5 Å². The fourth-order valence-corrected chi connectivity index (χ4v) is 3.39. The predicted molar refractivity (Wildman–Crippen MR) is 91.1 cm³/mol. The van der Waals surface area contributed by atoms with Crippen molar-refractivity contribution >= 4 is 5.91 Å². The van der Waals surface area contributed by atoms with E-state index < -0.39 is 0 Å². The summed E-state index contributed by atoms with van der Waals surface area (Å²) in [6, 6.07) is 10.3. The molecular weight excluding hydrogens is 305 g/mol. The van der Waals surface area contributed by atoms with Gasteiger partial charge in [0.1, 0.15) is 17.3 Å². The van der Waals surface area contributed by atoms with E-state index in [1.807, 2.05) is 17.0 Å². The van der Waals surface area contributed by atoms with Crippen LogP contribution in [0.4, 0.5) is 4.39 Å². The quantitative estimate of drug-likeness (QED) is 0.817. The first-order valence-electron chi connectivity index (χ1n) is 8.80. The molecule has 1 aromatic heterocycles. The van der Waals surface area contributed by atoms with E-state index in [0.29, 0.717) is 0 Å². The molecule has 1 atom stereocenters. The van der Waals surface area contributed by atoms with E-state index in [-0.39, 0.29) is 24.2 Å². The van der Waals surface area contributed by atoms with Gasteiger partial charge in [0.25, 0.3) is 0 Å². The van der Waals surface area contributed by atoms with E-state index in [9.17, 15) is 9.18 Å². The van der Waals surface area contributed by atoms with Crippen LogP contribution >= 0.6 is 0 Å². The van der Waals surface area contributed by atoms with Crippen molar-refractivity contribution in [3.05, 3.63) is 59.3 Å². The smallest absolute Gasteiger partial charge is 0.227 e. The van der Waals surface area contributed by atoms with Gasteiger partial charge in [0, 0.05) is 13.0 Å². The first kappa shape index (κ1) is 16.7. The van der Waals surface area contributed by atoms with Crippen LogP contribution in [0.2, 0.25) is 0 Å². The molecule has 1 saturated heterocycles. The van der Waals surface area contributed by atoms with Gasteiger partial charge in [0.15, 0.2) is 0 Å². The van der Waals surface area contributed by atoms with Gasteiger partial charge >= 0.3 is 0 Å². The van der Waals surface area contributed by atoms with Gasteiger partial charge in [-0.05, 0) is 42.7 Å². The van der Waals surface area contributed by atoms with Crippen LogP contribution < -0.4 is 0 Å². The van der Waals surface area contributed by atoms with Gasteiger partial charge in [-0.3, -0.25) is 4.79 Å². The van der Waals surface area contributed by atoms with E-state index in [1.165, 1.54) is 12.1 Å². The number of likely N-dealkylation sites (tertiary alicyclic amines) is 1. The van der Waals surface area contributed by atoms with Crippen LogP contribution in [0, 0.1) is 5.82 Å². The van der Waals surface area contributed by atoms with Crippen molar-refractivity contribution in [1.29, 1.82) is 0 Å². The molecule has 1 aliphatic rings. The Kier molecular flexibility index (Phi) is 5.34. The number of hydrogen-bond acceptors (Lipinski definition) is 2. The standard InChI is InChI=1S/C20H24FNO2/c1-2-17-10-11-19(24-17)18-9-4-3-5-12-22(18)20(23)14-15-7-6-8-16(21)13-15/h6-8,10-11,13,18H,2-5,9,12,14H2,1H3/t18-/m1/s1. The summed E-state index contributed by atoms with van der Waals surface area (Å²) in [7, 11) is 0. The van der Waals surface area contributed by atoms with E-state index in [2.05, 4.69) is 6.92 Å². The SMILES string of the molecule is CCc1ccc([C@H]2CCCCCN2C(=O)Cc2cccc(F)c2)o1. The summed E-state index contributed by atoms with van der Waals surface area (Å²) in [5.41, 5.74) is 0.719. The molecule has 24 heavy (non-hydrogen) atoms. The Balaban J connectivity index is 1.79. The molecule has 0 bridgehead atoms. The highest BCUT2D eigenvalue weighted by Crippen LogP contribution is 2.32. The maximum absolute atomic E-state index is 13.4. The van der Waals surface area contributed by atoms with Gasteiger partial charge in [-0.15, -0.1) is 0 Å². The molecule has 0 unspecified atom stereocenters. The van der Waals surface area contributed by atoms with Crippen molar-refractivity contribution < 1.29 is 13.6 Å². The topological polar surface area (TPSA) is 33.5 Å². The molecule has 1 aliphatic heterocycles. The molecule has 3 rings (SSSR count). The lowest BCUT2D eigenvalue weighted by Crippen LogP contribution is -2.35. The summed E-state index contributed by atoms with van der Waals surface area (Å²) in [5, 5.41) is 0. The Bertz CT molecular complexity index is 694. The van der Waals surface area contributed by atoms with Gasteiger partial charge in [-0.1, -0.05) is 31.9 Å². The molecule has 0 radical (unpaired) electrons. The lowest BCUT2D eigenvalue weighted by Gasteiger charge is -2.29. The number of carbonyl (C=O) groups excluding carboxylic acids is 1. The minimum Gasteiger partial charge on any atom is -0.464 e. The third kappa shape index (κ3) is 3.86. The minimum absolute atomic E-state index is 0.00569. The Hall–Kier alpha value is -2.10. The molecule has 0 saturated carbocycles. The van der Waals surface area contributed by atoms with Gasteiger partial charge in [0.05, 0.1) is 12.5 Å². The van der Waals surface area contributed by atoms with E-state index in [1.54, 1.807) is 12.1 Å². The van der Waals surface area contributed by atoms with Gasteiger partial charge < -0.3 is 9.32 Å². The number of halogens is 1. The fourth-order valence-electron chi connectivity index (χ4n) is 3.39. The molecule has 3 nitrogen and oxygen atoms in total. The third-order valence-corrected chi connectivity index (χ3v) is 4.68. The molecule has 2 aromatic rings. The summed E-state index contributed by atoms with van der Waals surface area (Å²) < 4.78 is 19.3. The van der Waals surface area contributed by atoms with Crippen LogP contribution in [0.3, 0.4) is 0 Å². The number of aryl methyl sites for hydroxylation is 1. The largest absolute Gasteiger partial charge is 0.464 e. The summed E-state index contributed by atoms with van der Waals surface area (Å²) in [6.07, 6.45) is 5.23. The Morgan fingerprint density at radius 3 is 2.88 bits per heavy atom. The highest BCUT2D eigenvalue weighted by Gasteiger charge is 2.28. The fraction of sp³-hybridized carbons (Fsp3) is 0.450. The number of rotatable bonds is 4. The van der Waals surface area contributed by atoms with Crippen LogP contribution in [0.1, 0.15) is 55.7 Å². The third-order valence-electron chi connectivity index (χ3n) is 4.68. The Morgan fingerprint density at radius 2 is 2.12 bits per heavy atom. The number of amides is 1. The second-order valence-corrected chi connectivity index (χ2v) is 6.42. The molecule has 0 aliphatic carbocycles. The van der Waals surface area contributed by atoms with E-state index in [0.717, 1.165) is 55.7 Å². The van der Waals surface area contributed by atoms with Crippen LogP contribution in [0.15, 0.2) is 40.8 Å². The zero-order chi connectivity index (χ0) is 16.9. The molecule has 0 spiro atoms. The maximum atomic E-state index is 13.4. The minimum atomic E-state index is -0.300. The van der Waals surface area contributed by atoms with Crippen molar-refractivity contribution in [3.63, 3.8) is 0 Å². The zero-order valence-electron chi connectivity index (χ0n) is 14.1. The average molecular weight is 329 g/mol. The average Bonchev–Trinajstić information content (AvgIpc) is 2.91. The summed E-state index contributed by atoms with van der Waals surface area (Å²) in [5.74, 6) is 1.57. The van der Waals surface area contributed by atoms with Gasteiger partial charge in [0.2, 0.25) is 5.91 Å². The van der Waals surface area contributed by atoms with Gasteiger partial charge in [-0.25, -0.2) is 4.39 Å². The molecule has 2 heterocycles. The maximum Gasteiger partial charge on any atom is 0.227 e. The molecule has 128 valence electrons. The van der Waals surface area contributed by atoms with Crippen LogP contribution in [0.25, 0.3) is 0 Å². The zero-order valence-corrected chi connectivity index (χ0v) is 14.1. The van der Waals surface area contributed by atoms with Gasteiger partial charge in [-0.2, -0.15) is 0 Å². The van der Waals surface area contributed by atoms with E-state index >= 15 is 0 Å². The first-order chi connectivity index (χ1) is 11.7. The summed E-state index contributed by atoms with van der Waals surface area (Å²) in [6.45, 7) is 2.80. The van der Waals surface area contributed by atoms with Crippen molar-refractivity contribution in [3.8, 4) is 0 Å². The summed E-state index contributed by atoms with van der Waals surface area (Å²) in [4.78, 5) is 14.8. The van der Waals surface area contributed by atoms with Crippen LogP contribution in [0.5, 0.6) is 0 Å². The molecule has 0 N–H and O–H groups in total. The number of furan rings is 1. The lowest BCUT2D eigenvalue weighted by atomic mass is 10.1. The van der Waals surface area contributed by atoms with Crippen molar-refractivity contribution in [2.24, 2.45) is 0 Å². The Labute approximate surface area is 142 Å². The summed E-state index contributed by atoms with van der Waals surface area (Å²) >= 11 is 0. The predicted octanol–water partition coefficient (Wildman–Crippen LogP) is 4.67. The second kappa shape index (κ2) is 7.65. The number of benzene rings is 1. The number of nitrogens with zero attached hydrogens (tertiary/aromatic N) is 1. The molecule has 1 amide bonds. The van der Waals surface area contributed by atoms with Crippen molar-refractivity contribution in [2.75, 3.05) is 6.54 Å². The van der Waals surface area contributed by atoms with Crippen molar-refractivity contribution in [1.82, 2.24) is 4.90 Å². The first-order valence-corrected chi connectivity index (χ1v) is 8.80. The molecule has 1 fully saturated rings. The molecule has 4 heteroatoms. The second-order valence-electron chi connectivity index (χ2n) is 6.42. The normalized spacial score (nSPS) is 18.4. The lowest BCUT2D eigenvalue weighted by molar-refractivity contribution is -0.133. The van der Waals surface area contributed by atoms with Crippen LogP contribution in [-0.2, 0) is 17.6 Å². The van der Waals surface area contributed by atoms with Crippen LogP contribution in [-0.4, -0.2) is 17.4 Å². The highest BCUT2D eigenvalue weighted by molar-refractivity contribution is 5.79. The highest BCUT2D eigenvalue weighted by atomic mass is 19.1. The van der Waals surface area contributed by atoms with E-state index in [4.69, 9.17) is 4.42 Å². The monoisotopic (exact) mass is 329 g/mol. The number of carbonyl (C=O) groups is 1. The Morgan fingerprint density at radius 1 is 1.25 bits per heavy atom. The molecule has 1 aromatic carbocycles. The molecular formula is C20H24FNO2. The number of hydrogen-bond donors (Lipinski definition) is 0.